The van der Waals surface area contributed by atoms with Gasteiger partial charge in [-0.25, -0.2) is 4.98 Å². The summed E-state index contributed by atoms with van der Waals surface area (Å²) in [6.07, 6.45) is 6.13. The fourth-order valence-corrected chi connectivity index (χ4v) is 2.80. The summed E-state index contributed by atoms with van der Waals surface area (Å²) in [6, 6.07) is 0.779. The van der Waals surface area contributed by atoms with Crippen molar-refractivity contribution in [1.29, 1.82) is 0 Å². The molecule has 1 heterocycles. The molecular formula is C11H16N2S. The molecule has 0 radical (unpaired) electrons. The number of nitrogens with one attached hydrogen (secondary N) is 1. The molecule has 2 atom stereocenters. The van der Waals surface area contributed by atoms with Crippen LogP contribution in [-0.4, -0.2) is 11.0 Å². The number of thiazole rings is 1. The second kappa shape index (κ2) is 3.31. The molecule has 2 aliphatic rings. The van der Waals surface area contributed by atoms with Gasteiger partial charge < -0.3 is 5.32 Å². The molecule has 76 valence electrons. The van der Waals surface area contributed by atoms with Crippen LogP contribution in [0.4, 0.5) is 0 Å². The van der Waals surface area contributed by atoms with E-state index in [4.69, 9.17) is 0 Å². The van der Waals surface area contributed by atoms with E-state index in [0.717, 1.165) is 24.4 Å². The summed E-state index contributed by atoms with van der Waals surface area (Å²) >= 11 is 1.90. The fourth-order valence-electron chi connectivity index (χ4n) is 1.76. The first-order valence-electron chi connectivity index (χ1n) is 5.51. The summed E-state index contributed by atoms with van der Waals surface area (Å²) in [7, 11) is 0. The van der Waals surface area contributed by atoms with Crippen LogP contribution in [0.15, 0.2) is 6.20 Å². The second-order valence-electron chi connectivity index (χ2n) is 4.64. The normalized spacial score (nSPS) is 30.6. The minimum atomic E-state index is 0.779. The third-order valence-corrected chi connectivity index (χ3v) is 4.31. The standard InChI is InChI=1S/C11H16N2S/c1-7-4-10(7)12-5-9-6-13-11(14-9)8-2-3-8/h6-8,10,12H,2-5H2,1H3. The van der Waals surface area contributed by atoms with E-state index in [1.54, 1.807) is 0 Å². The maximum Gasteiger partial charge on any atom is 0.0959 e. The zero-order valence-electron chi connectivity index (χ0n) is 8.49. The molecule has 1 N–H and O–H groups in total. The van der Waals surface area contributed by atoms with Gasteiger partial charge in [0.2, 0.25) is 0 Å². The van der Waals surface area contributed by atoms with Gasteiger partial charge in [-0.3, -0.25) is 0 Å². The molecular weight excluding hydrogens is 192 g/mol. The van der Waals surface area contributed by atoms with Crippen molar-refractivity contribution in [2.75, 3.05) is 0 Å². The Balaban J connectivity index is 1.54. The van der Waals surface area contributed by atoms with Gasteiger partial charge in [0.05, 0.1) is 5.01 Å². The van der Waals surface area contributed by atoms with Gasteiger partial charge in [0, 0.05) is 29.6 Å². The highest BCUT2D eigenvalue weighted by molar-refractivity contribution is 7.11. The van der Waals surface area contributed by atoms with Gasteiger partial charge in [0.25, 0.3) is 0 Å². The number of hydrogen-bond donors (Lipinski definition) is 1. The topological polar surface area (TPSA) is 24.9 Å². The summed E-state index contributed by atoms with van der Waals surface area (Å²) in [5.74, 6) is 1.71. The first-order chi connectivity index (χ1) is 6.83. The van der Waals surface area contributed by atoms with Crippen LogP contribution in [-0.2, 0) is 6.54 Å². The summed E-state index contributed by atoms with van der Waals surface area (Å²) < 4.78 is 0. The highest BCUT2D eigenvalue weighted by Crippen LogP contribution is 2.41. The first-order valence-corrected chi connectivity index (χ1v) is 6.32. The number of rotatable bonds is 4. The summed E-state index contributed by atoms with van der Waals surface area (Å²) in [6.45, 7) is 3.33. The molecule has 3 heteroatoms. The van der Waals surface area contributed by atoms with E-state index in [9.17, 15) is 0 Å². The van der Waals surface area contributed by atoms with Crippen molar-refractivity contribution >= 4 is 11.3 Å². The number of hydrogen-bond acceptors (Lipinski definition) is 3. The lowest BCUT2D eigenvalue weighted by Crippen LogP contribution is -2.16. The molecule has 14 heavy (non-hydrogen) atoms. The van der Waals surface area contributed by atoms with Crippen LogP contribution in [0.2, 0.25) is 0 Å². The maximum atomic E-state index is 4.47. The lowest BCUT2D eigenvalue weighted by molar-refractivity contribution is 0.657. The van der Waals surface area contributed by atoms with E-state index in [1.165, 1.54) is 29.1 Å². The molecule has 2 aliphatic carbocycles. The summed E-state index contributed by atoms with van der Waals surface area (Å²) in [5.41, 5.74) is 0. The van der Waals surface area contributed by atoms with E-state index in [1.807, 2.05) is 11.3 Å². The molecule has 0 bridgehead atoms. The molecule has 0 spiro atoms. The van der Waals surface area contributed by atoms with Crippen LogP contribution in [0.5, 0.6) is 0 Å². The van der Waals surface area contributed by atoms with Gasteiger partial charge >= 0.3 is 0 Å². The van der Waals surface area contributed by atoms with Crippen molar-refractivity contribution < 1.29 is 0 Å². The predicted octanol–water partition coefficient (Wildman–Crippen LogP) is 2.52. The third kappa shape index (κ3) is 1.84. The Morgan fingerprint density at radius 3 is 3.00 bits per heavy atom. The van der Waals surface area contributed by atoms with Gasteiger partial charge in [0.1, 0.15) is 0 Å². The molecule has 1 aromatic rings. The van der Waals surface area contributed by atoms with Crippen LogP contribution in [0, 0.1) is 5.92 Å². The van der Waals surface area contributed by atoms with Crippen molar-refractivity contribution in [2.24, 2.45) is 5.92 Å². The van der Waals surface area contributed by atoms with Crippen LogP contribution < -0.4 is 5.32 Å². The fraction of sp³-hybridized carbons (Fsp3) is 0.727. The number of nitrogens with zero attached hydrogens (tertiary/aromatic N) is 1. The Bertz CT molecular complexity index is 330. The molecule has 2 nitrogen and oxygen atoms in total. The molecule has 2 saturated carbocycles. The quantitative estimate of drug-likeness (QED) is 0.822. The van der Waals surface area contributed by atoms with Gasteiger partial charge in [-0.2, -0.15) is 0 Å². The lowest BCUT2D eigenvalue weighted by atomic mass is 10.4. The van der Waals surface area contributed by atoms with E-state index >= 15 is 0 Å². The Kier molecular flexibility index (Phi) is 2.10. The smallest absolute Gasteiger partial charge is 0.0959 e. The van der Waals surface area contributed by atoms with Gasteiger partial charge in [0.15, 0.2) is 0 Å². The van der Waals surface area contributed by atoms with Gasteiger partial charge in [-0.05, 0) is 25.2 Å². The number of aromatic nitrogens is 1. The van der Waals surface area contributed by atoms with Crippen molar-refractivity contribution in [3.8, 4) is 0 Å². The van der Waals surface area contributed by atoms with Crippen molar-refractivity contribution in [2.45, 2.75) is 44.7 Å². The largest absolute Gasteiger partial charge is 0.309 e. The Hall–Kier alpha value is -0.410. The minimum Gasteiger partial charge on any atom is -0.309 e. The highest BCUT2D eigenvalue weighted by Gasteiger charge is 2.32. The average molecular weight is 208 g/mol. The van der Waals surface area contributed by atoms with E-state index < -0.39 is 0 Å². The molecule has 2 unspecified atom stereocenters. The van der Waals surface area contributed by atoms with Crippen LogP contribution in [0.3, 0.4) is 0 Å². The Labute approximate surface area is 88.7 Å². The maximum absolute atomic E-state index is 4.47. The molecule has 1 aromatic heterocycles. The van der Waals surface area contributed by atoms with Crippen molar-refractivity contribution in [3.05, 3.63) is 16.1 Å². The van der Waals surface area contributed by atoms with Crippen LogP contribution >= 0.6 is 11.3 Å². The summed E-state index contributed by atoms with van der Waals surface area (Å²) in [4.78, 5) is 5.88. The predicted molar refractivity (Wildman–Crippen MR) is 58.5 cm³/mol. The highest BCUT2D eigenvalue weighted by atomic mass is 32.1. The van der Waals surface area contributed by atoms with E-state index in [2.05, 4.69) is 23.4 Å². The molecule has 0 aromatic carbocycles. The Morgan fingerprint density at radius 2 is 2.36 bits per heavy atom. The van der Waals surface area contributed by atoms with Crippen molar-refractivity contribution in [3.63, 3.8) is 0 Å². The molecule has 3 rings (SSSR count). The Morgan fingerprint density at radius 1 is 1.57 bits per heavy atom. The SMILES string of the molecule is CC1CC1NCc1cnc(C2CC2)s1. The van der Waals surface area contributed by atoms with Crippen LogP contribution in [0.1, 0.15) is 42.0 Å². The van der Waals surface area contributed by atoms with Crippen LogP contribution in [0.25, 0.3) is 0 Å². The van der Waals surface area contributed by atoms with Crippen molar-refractivity contribution in [1.82, 2.24) is 10.3 Å². The van der Waals surface area contributed by atoms with Gasteiger partial charge in [-0.15, -0.1) is 11.3 Å². The minimum absolute atomic E-state index is 0.779. The monoisotopic (exact) mass is 208 g/mol. The molecule has 2 fully saturated rings. The zero-order valence-corrected chi connectivity index (χ0v) is 9.31. The molecule has 0 aliphatic heterocycles. The summed E-state index contributed by atoms with van der Waals surface area (Å²) in [5, 5.41) is 4.93. The average Bonchev–Trinajstić information content (AvgIpc) is 3.08. The zero-order chi connectivity index (χ0) is 9.54. The van der Waals surface area contributed by atoms with E-state index in [-0.39, 0.29) is 0 Å². The van der Waals surface area contributed by atoms with E-state index in [0.29, 0.717) is 0 Å². The molecule has 0 amide bonds. The lowest BCUT2D eigenvalue weighted by Gasteiger charge is -1.98. The third-order valence-electron chi connectivity index (χ3n) is 3.15. The van der Waals surface area contributed by atoms with Gasteiger partial charge in [-0.1, -0.05) is 6.92 Å². The molecule has 0 saturated heterocycles. The first kappa shape index (κ1) is 8.86. The second-order valence-corrected chi connectivity index (χ2v) is 5.79.